The third-order valence-corrected chi connectivity index (χ3v) is 3.50. The Morgan fingerprint density at radius 1 is 1.32 bits per heavy atom. The molecule has 0 aliphatic carbocycles. The molecule has 0 unspecified atom stereocenters. The molecule has 102 valence electrons. The highest BCUT2D eigenvalue weighted by molar-refractivity contribution is 5.02. The zero-order valence-corrected chi connectivity index (χ0v) is 11.3. The Morgan fingerprint density at radius 3 is 3.16 bits per heavy atom. The fourth-order valence-corrected chi connectivity index (χ4v) is 2.49. The molecule has 0 radical (unpaired) electrons. The number of hydrogen-bond acceptors (Lipinski definition) is 4. The molecule has 2 aromatic rings. The molecular formula is C13H20N6. The number of nitrogens with zero attached hydrogens (tertiary/aromatic N) is 5. The summed E-state index contributed by atoms with van der Waals surface area (Å²) in [6, 6.07) is 0. The molecule has 0 aromatic carbocycles. The van der Waals surface area contributed by atoms with Gasteiger partial charge in [-0.25, -0.2) is 4.98 Å². The van der Waals surface area contributed by atoms with Crippen LogP contribution in [0.15, 0.2) is 12.5 Å². The molecule has 1 N–H and O–H groups in total. The Hall–Kier alpha value is -1.69. The van der Waals surface area contributed by atoms with E-state index in [0.717, 1.165) is 49.9 Å². The number of nitrogens with one attached hydrogen (secondary N) is 1. The van der Waals surface area contributed by atoms with Crippen molar-refractivity contribution in [1.29, 1.82) is 0 Å². The SMILES string of the molecule is CCNCc1cn(Cc2nnc3n2CCCC3)cn1. The quantitative estimate of drug-likeness (QED) is 0.870. The molecule has 0 amide bonds. The predicted molar refractivity (Wildman–Crippen MR) is 71.7 cm³/mol. The molecule has 3 rings (SSSR count). The smallest absolute Gasteiger partial charge is 0.153 e. The summed E-state index contributed by atoms with van der Waals surface area (Å²) in [5.74, 6) is 2.18. The van der Waals surface area contributed by atoms with Crippen LogP contribution < -0.4 is 5.32 Å². The van der Waals surface area contributed by atoms with E-state index in [0.29, 0.717) is 0 Å². The third kappa shape index (κ3) is 2.68. The van der Waals surface area contributed by atoms with Gasteiger partial charge in [-0.3, -0.25) is 0 Å². The van der Waals surface area contributed by atoms with Gasteiger partial charge in [0.25, 0.3) is 0 Å². The van der Waals surface area contributed by atoms with Crippen molar-refractivity contribution >= 4 is 0 Å². The third-order valence-electron chi connectivity index (χ3n) is 3.50. The maximum Gasteiger partial charge on any atom is 0.153 e. The first kappa shape index (κ1) is 12.3. The van der Waals surface area contributed by atoms with Crippen molar-refractivity contribution in [2.45, 2.75) is 45.8 Å². The summed E-state index contributed by atoms with van der Waals surface area (Å²) in [6.07, 6.45) is 7.47. The van der Waals surface area contributed by atoms with Crippen molar-refractivity contribution in [2.75, 3.05) is 6.54 Å². The zero-order chi connectivity index (χ0) is 13.1. The lowest BCUT2D eigenvalue weighted by atomic mass is 10.2. The number of imidazole rings is 1. The second-order valence-corrected chi connectivity index (χ2v) is 4.96. The largest absolute Gasteiger partial charge is 0.329 e. The molecule has 6 heteroatoms. The first-order valence-electron chi connectivity index (χ1n) is 6.99. The summed E-state index contributed by atoms with van der Waals surface area (Å²) in [6.45, 7) is 5.69. The summed E-state index contributed by atoms with van der Waals surface area (Å²) in [5.41, 5.74) is 1.07. The minimum atomic E-state index is 0.756. The Bertz CT molecular complexity index is 541. The van der Waals surface area contributed by atoms with Crippen LogP contribution in [0.3, 0.4) is 0 Å². The lowest BCUT2D eigenvalue weighted by Crippen LogP contribution is -2.15. The molecule has 0 spiro atoms. The Morgan fingerprint density at radius 2 is 2.26 bits per heavy atom. The fourth-order valence-electron chi connectivity index (χ4n) is 2.49. The van der Waals surface area contributed by atoms with E-state index < -0.39 is 0 Å². The number of rotatable bonds is 5. The van der Waals surface area contributed by atoms with Gasteiger partial charge in [-0.2, -0.15) is 0 Å². The zero-order valence-electron chi connectivity index (χ0n) is 11.3. The highest BCUT2D eigenvalue weighted by Gasteiger charge is 2.15. The number of aromatic nitrogens is 5. The van der Waals surface area contributed by atoms with Crippen molar-refractivity contribution in [3.8, 4) is 0 Å². The average molecular weight is 260 g/mol. The first-order valence-corrected chi connectivity index (χ1v) is 6.99. The van der Waals surface area contributed by atoms with Crippen LogP contribution in [0.25, 0.3) is 0 Å². The van der Waals surface area contributed by atoms with Gasteiger partial charge in [-0.15, -0.1) is 10.2 Å². The van der Waals surface area contributed by atoms with Gasteiger partial charge in [0.15, 0.2) is 5.82 Å². The number of aryl methyl sites for hydroxylation is 1. The molecule has 0 saturated heterocycles. The highest BCUT2D eigenvalue weighted by Crippen LogP contribution is 2.15. The molecule has 2 aromatic heterocycles. The molecule has 1 aliphatic rings. The van der Waals surface area contributed by atoms with Crippen LogP contribution in [0, 0.1) is 0 Å². The van der Waals surface area contributed by atoms with Gasteiger partial charge in [-0.05, 0) is 19.4 Å². The van der Waals surface area contributed by atoms with Crippen molar-refractivity contribution < 1.29 is 0 Å². The van der Waals surface area contributed by atoms with Gasteiger partial charge in [0.2, 0.25) is 0 Å². The van der Waals surface area contributed by atoms with Gasteiger partial charge < -0.3 is 14.5 Å². The second-order valence-electron chi connectivity index (χ2n) is 4.96. The van der Waals surface area contributed by atoms with E-state index >= 15 is 0 Å². The van der Waals surface area contributed by atoms with Crippen LogP contribution in [0.2, 0.25) is 0 Å². The van der Waals surface area contributed by atoms with Crippen LogP contribution in [0.1, 0.15) is 37.1 Å². The monoisotopic (exact) mass is 260 g/mol. The van der Waals surface area contributed by atoms with E-state index in [1.54, 1.807) is 0 Å². The number of hydrogen-bond donors (Lipinski definition) is 1. The molecule has 0 atom stereocenters. The van der Waals surface area contributed by atoms with E-state index in [2.05, 4.69) is 42.8 Å². The Labute approximate surface area is 112 Å². The molecule has 19 heavy (non-hydrogen) atoms. The summed E-state index contributed by atoms with van der Waals surface area (Å²) >= 11 is 0. The average Bonchev–Trinajstić information content (AvgIpc) is 3.05. The number of fused-ring (bicyclic) bond motifs is 1. The summed E-state index contributed by atoms with van der Waals surface area (Å²) in [7, 11) is 0. The van der Waals surface area contributed by atoms with Crippen molar-refractivity contribution in [3.05, 3.63) is 29.9 Å². The van der Waals surface area contributed by atoms with Gasteiger partial charge in [0, 0.05) is 25.7 Å². The Kier molecular flexibility index (Phi) is 3.59. The Balaban J connectivity index is 1.71. The maximum absolute atomic E-state index is 4.39. The van der Waals surface area contributed by atoms with E-state index in [1.807, 2.05) is 6.33 Å². The molecule has 0 bridgehead atoms. The second kappa shape index (κ2) is 5.52. The van der Waals surface area contributed by atoms with E-state index in [9.17, 15) is 0 Å². The van der Waals surface area contributed by atoms with E-state index in [-0.39, 0.29) is 0 Å². The van der Waals surface area contributed by atoms with E-state index in [4.69, 9.17) is 0 Å². The van der Waals surface area contributed by atoms with Crippen LogP contribution in [0.4, 0.5) is 0 Å². The summed E-state index contributed by atoms with van der Waals surface area (Å²) in [5, 5.41) is 11.9. The highest BCUT2D eigenvalue weighted by atomic mass is 15.3. The lowest BCUT2D eigenvalue weighted by molar-refractivity contribution is 0.501. The first-order chi connectivity index (χ1) is 9.36. The summed E-state index contributed by atoms with van der Waals surface area (Å²) < 4.78 is 4.34. The molecule has 3 heterocycles. The van der Waals surface area contributed by atoms with Gasteiger partial charge in [0.1, 0.15) is 5.82 Å². The van der Waals surface area contributed by atoms with Crippen LogP contribution in [-0.4, -0.2) is 30.9 Å². The van der Waals surface area contributed by atoms with E-state index in [1.165, 1.54) is 12.8 Å². The standard InChI is InChI=1S/C13H20N6/c1-2-14-7-11-8-18(10-15-11)9-13-17-16-12-5-3-4-6-19(12)13/h8,10,14H,2-7,9H2,1H3. The lowest BCUT2D eigenvalue weighted by Gasteiger charge is -2.14. The molecule has 6 nitrogen and oxygen atoms in total. The minimum Gasteiger partial charge on any atom is -0.329 e. The van der Waals surface area contributed by atoms with Gasteiger partial charge >= 0.3 is 0 Å². The topological polar surface area (TPSA) is 60.6 Å². The minimum absolute atomic E-state index is 0.756. The van der Waals surface area contributed by atoms with Crippen molar-refractivity contribution in [3.63, 3.8) is 0 Å². The molecule has 0 saturated carbocycles. The van der Waals surface area contributed by atoms with Gasteiger partial charge in [0.05, 0.1) is 18.6 Å². The van der Waals surface area contributed by atoms with Crippen molar-refractivity contribution in [2.24, 2.45) is 0 Å². The van der Waals surface area contributed by atoms with Crippen LogP contribution >= 0.6 is 0 Å². The van der Waals surface area contributed by atoms with Crippen LogP contribution in [0.5, 0.6) is 0 Å². The summed E-state index contributed by atoms with van der Waals surface area (Å²) in [4.78, 5) is 4.39. The van der Waals surface area contributed by atoms with Crippen LogP contribution in [-0.2, 0) is 26.1 Å². The normalized spacial score (nSPS) is 14.6. The molecule has 0 fully saturated rings. The van der Waals surface area contributed by atoms with Gasteiger partial charge in [-0.1, -0.05) is 6.92 Å². The molecular weight excluding hydrogens is 240 g/mol. The maximum atomic E-state index is 4.39. The molecule has 1 aliphatic heterocycles. The predicted octanol–water partition coefficient (Wildman–Crippen LogP) is 0.969. The van der Waals surface area contributed by atoms with Crippen molar-refractivity contribution in [1.82, 2.24) is 29.6 Å². The fraction of sp³-hybridized carbons (Fsp3) is 0.615.